The van der Waals surface area contributed by atoms with E-state index in [-0.39, 0.29) is 29.7 Å². The predicted octanol–water partition coefficient (Wildman–Crippen LogP) is 2.28. The number of thiophene rings is 1. The van der Waals surface area contributed by atoms with E-state index in [0.29, 0.717) is 6.54 Å². The number of rotatable bonds is 7. The zero-order chi connectivity index (χ0) is 17.4. The number of hydrogen-bond acceptors (Lipinski definition) is 4. The van der Waals surface area contributed by atoms with E-state index in [1.165, 1.54) is 12.6 Å². The zero-order valence-electron chi connectivity index (χ0n) is 14.2. The number of halogens is 1. The standard InChI is InChI=1S/C16H22N4O2S2.HI/c1-17-16(20-10-15-7-8-23-11-15)19-9-13-3-5-14(6-4-13)12-24(21,22)18-2;/h3-8,11,18H,9-10,12H2,1-2H3,(H2,17,19,20);1H. The Morgan fingerprint density at radius 3 is 2.16 bits per heavy atom. The Balaban J connectivity index is 0.00000312. The van der Waals surface area contributed by atoms with Crippen molar-refractivity contribution in [3.05, 3.63) is 57.8 Å². The third kappa shape index (κ3) is 7.72. The summed E-state index contributed by atoms with van der Waals surface area (Å²) in [7, 11) is -0.0881. The van der Waals surface area contributed by atoms with Crippen LogP contribution in [0.5, 0.6) is 0 Å². The minimum absolute atomic E-state index is 0. The molecule has 3 N–H and O–H groups in total. The Morgan fingerprint density at radius 2 is 1.64 bits per heavy atom. The maximum absolute atomic E-state index is 11.5. The molecule has 1 aromatic carbocycles. The molecule has 25 heavy (non-hydrogen) atoms. The summed E-state index contributed by atoms with van der Waals surface area (Å²) in [5.74, 6) is 0.712. The minimum atomic E-state index is -3.24. The van der Waals surface area contributed by atoms with Crippen LogP contribution in [0.3, 0.4) is 0 Å². The van der Waals surface area contributed by atoms with Gasteiger partial charge in [0.25, 0.3) is 0 Å². The Kier molecular flexibility index (Phi) is 9.39. The fourth-order valence-corrected chi connectivity index (χ4v) is 3.47. The average molecular weight is 494 g/mol. The van der Waals surface area contributed by atoms with Gasteiger partial charge in [-0.1, -0.05) is 24.3 Å². The number of hydrogen-bond donors (Lipinski definition) is 3. The molecule has 0 unspecified atom stereocenters. The van der Waals surface area contributed by atoms with E-state index in [1.807, 2.05) is 29.6 Å². The molecule has 0 bridgehead atoms. The molecule has 0 radical (unpaired) electrons. The van der Waals surface area contributed by atoms with Gasteiger partial charge in [-0.3, -0.25) is 4.99 Å². The molecule has 6 nitrogen and oxygen atoms in total. The van der Waals surface area contributed by atoms with Crippen molar-refractivity contribution in [2.24, 2.45) is 4.99 Å². The SMILES string of the molecule is CN=C(NCc1ccc(CS(=O)(=O)NC)cc1)NCc1ccsc1.I. The number of benzene rings is 1. The highest BCUT2D eigenvalue weighted by Crippen LogP contribution is 2.08. The first-order valence-corrected chi connectivity index (χ1v) is 10.1. The van der Waals surface area contributed by atoms with Crippen LogP contribution in [-0.4, -0.2) is 28.5 Å². The molecule has 0 aliphatic carbocycles. The average Bonchev–Trinajstić information content (AvgIpc) is 3.09. The quantitative estimate of drug-likeness (QED) is 0.314. The monoisotopic (exact) mass is 494 g/mol. The van der Waals surface area contributed by atoms with Gasteiger partial charge >= 0.3 is 0 Å². The second-order valence-corrected chi connectivity index (χ2v) is 7.90. The summed E-state index contributed by atoms with van der Waals surface area (Å²) in [5, 5.41) is 10.6. The molecule has 0 saturated carbocycles. The fourth-order valence-electron chi connectivity index (χ4n) is 2.03. The number of guanidine groups is 1. The van der Waals surface area contributed by atoms with Gasteiger partial charge in [-0.2, -0.15) is 11.3 Å². The highest BCUT2D eigenvalue weighted by Gasteiger charge is 2.08. The first-order chi connectivity index (χ1) is 11.5. The second-order valence-electron chi connectivity index (χ2n) is 5.19. The third-order valence-electron chi connectivity index (χ3n) is 3.41. The van der Waals surface area contributed by atoms with Gasteiger partial charge in [0.1, 0.15) is 0 Å². The number of sulfonamides is 1. The first kappa shape index (κ1) is 21.9. The Labute approximate surface area is 170 Å². The van der Waals surface area contributed by atoms with Crippen LogP contribution in [0.1, 0.15) is 16.7 Å². The second kappa shape index (κ2) is 10.7. The van der Waals surface area contributed by atoms with Crippen LogP contribution in [0.15, 0.2) is 46.1 Å². The molecule has 9 heteroatoms. The van der Waals surface area contributed by atoms with E-state index in [2.05, 4.69) is 31.8 Å². The maximum Gasteiger partial charge on any atom is 0.215 e. The summed E-state index contributed by atoms with van der Waals surface area (Å²) in [6, 6.07) is 9.56. The van der Waals surface area contributed by atoms with Crippen LogP contribution in [0.4, 0.5) is 0 Å². The topological polar surface area (TPSA) is 82.6 Å². The van der Waals surface area contributed by atoms with Gasteiger partial charge in [0.15, 0.2) is 5.96 Å². The van der Waals surface area contributed by atoms with Gasteiger partial charge in [-0.25, -0.2) is 13.1 Å². The molecule has 138 valence electrons. The van der Waals surface area contributed by atoms with Gasteiger partial charge in [0.05, 0.1) is 5.75 Å². The lowest BCUT2D eigenvalue weighted by Crippen LogP contribution is -2.36. The molecule has 0 aliphatic rings. The van der Waals surface area contributed by atoms with Crippen molar-refractivity contribution in [2.45, 2.75) is 18.8 Å². The minimum Gasteiger partial charge on any atom is -0.352 e. The van der Waals surface area contributed by atoms with Crippen LogP contribution >= 0.6 is 35.3 Å². The predicted molar refractivity (Wildman–Crippen MR) is 115 cm³/mol. The molecule has 1 heterocycles. The van der Waals surface area contributed by atoms with Crippen LogP contribution in [0, 0.1) is 0 Å². The fraction of sp³-hybridized carbons (Fsp3) is 0.312. The van der Waals surface area contributed by atoms with Crippen LogP contribution in [0.2, 0.25) is 0 Å². The van der Waals surface area contributed by atoms with Crippen molar-refractivity contribution in [3.63, 3.8) is 0 Å². The molecule has 0 atom stereocenters. The molecule has 1 aromatic heterocycles. The number of nitrogens with one attached hydrogen (secondary N) is 3. The lowest BCUT2D eigenvalue weighted by molar-refractivity contribution is 0.587. The summed E-state index contributed by atoms with van der Waals surface area (Å²) < 4.78 is 25.4. The number of aliphatic imine (C=N–C) groups is 1. The molecule has 0 fully saturated rings. The molecule has 0 spiro atoms. The van der Waals surface area contributed by atoms with Crippen LogP contribution in [0.25, 0.3) is 0 Å². The third-order valence-corrected chi connectivity index (χ3v) is 5.48. The van der Waals surface area contributed by atoms with E-state index < -0.39 is 10.0 Å². The van der Waals surface area contributed by atoms with Crippen LogP contribution in [-0.2, 0) is 28.9 Å². The molecule has 0 aliphatic heterocycles. The van der Waals surface area contributed by atoms with Crippen molar-refractivity contribution in [1.29, 1.82) is 0 Å². The summed E-state index contributed by atoms with van der Waals surface area (Å²) >= 11 is 1.67. The van der Waals surface area contributed by atoms with Gasteiger partial charge in [0.2, 0.25) is 10.0 Å². The summed E-state index contributed by atoms with van der Waals surface area (Å²) in [5.41, 5.74) is 3.03. The lowest BCUT2D eigenvalue weighted by atomic mass is 10.1. The highest BCUT2D eigenvalue weighted by atomic mass is 127. The maximum atomic E-state index is 11.5. The molecule has 2 rings (SSSR count). The van der Waals surface area contributed by atoms with Crippen molar-refractivity contribution < 1.29 is 8.42 Å². The van der Waals surface area contributed by atoms with Gasteiger partial charge < -0.3 is 10.6 Å². The van der Waals surface area contributed by atoms with E-state index in [1.54, 1.807) is 18.4 Å². The largest absolute Gasteiger partial charge is 0.352 e. The van der Waals surface area contributed by atoms with Gasteiger partial charge in [0, 0.05) is 20.1 Å². The highest BCUT2D eigenvalue weighted by molar-refractivity contribution is 14.0. The summed E-state index contributed by atoms with van der Waals surface area (Å²) in [4.78, 5) is 4.19. The summed E-state index contributed by atoms with van der Waals surface area (Å²) in [6.45, 7) is 1.34. The lowest BCUT2D eigenvalue weighted by Gasteiger charge is -2.12. The molecular weight excluding hydrogens is 471 g/mol. The van der Waals surface area contributed by atoms with E-state index in [4.69, 9.17) is 0 Å². The number of nitrogens with zero attached hydrogens (tertiary/aromatic N) is 1. The Hall–Kier alpha value is -1.17. The smallest absolute Gasteiger partial charge is 0.215 e. The molecular formula is C16H23IN4O2S2. The van der Waals surface area contributed by atoms with Gasteiger partial charge in [-0.05, 0) is 40.6 Å². The van der Waals surface area contributed by atoms with E-state index >= 15 is 0 Å². The molecule has 2 aromatic rings. The zero-order valence-corrected chi connectivity index (χ0v) is 18.1. The van der Waals surface area contributed by atoms with Crippen molar-refractivity contribution in [2.75, 3.05) is 14.1 Å². The first-order valence-electron chi connectivity index (χ1n) is 7.47. The summed E-state index contributed by atoms with van der Waals surface area (Å²) in [6.07, 6.45) is 0. The van der Waals surface area contributed by atoms with E-state index in [9.17, 15) is 8.42 Å². The molecule has 0 amide bonds. The van der Waals surface area contributed by atoms with Crippen molar-refractivity contribution in [3.8, 4) is 0 Å². The van der Waals surface area contributed by atoms with Crippen molar-refractivity contribution >= 4 is 51.3 Å². The Morgan fingerprint density at radius 1 is 1.04 bits per heavy atom. The van der Waals surface area contributed by atoms with Crippen molar-refractivity contribution in [1.82, 2.24) is 15.4 Å². The van der Waals surface area contributed by atoms with Gasteiger partial charge in [-0.15, -0.1) is 24.0 Å². The van der Waals surface area contributed by atoms with E-state index in [0.717, 1.165) is 23.6 Å². The van der Waals surface area contributed by atoms with Crippen LogP contribution < -0.4 is 15.4 Å². The Bertz CT molecular complexity index is 760. The normalized spacial score (nSPS) is 11.7. The molecule has 0 saturated heterocycles.